The number of nitrogens with one attached hydrogen (secondary N) is 3. The molecule has 6 fully saturated rings. The molecule has 7 aliphatic rings. The third-order valence-electron chi connectivity index (χ3n) is 13.6. The topological polar surface area (TPSA) is 139 Å². The quantitative estimate of drug-likeness (QED) is 0.276. The van der Waals surface area contributed by atoms with E-state index >= 15 is 0 Å². The number of urea groups is 1. The van der Waals surface area contributed by atoms with Gasteiger partial charge in [0.05, 0.1) is 23.7 Å². The van der Waals surface area contributed by atoms with E-state index in [0.717, 1.165) is 62.5 Å². The smallest absolute Gasteiger partial charge is 0.444 e. The Balaban J connectivity index is 1.11. The fourth-order valence-electron chi connectivity index (χ4n) is 10.6. The lowest BCUT2D eigenvalue weighted by Crippen LogP contribution is -2.65. The van der Waals surface area contributed by atoms with Crippen molar-refractivity contribution < 1.29 is 33.2 Å². The highest BCUT2D eigenvalue weighted by Crippen LogP contribution is 2.65. The van der Waals surface area contributed by atoms with Crippen LogP contribution in [0.4, 0.5) is 9.59 Å². The summed E-state index contributed by atoms with van der Waals surface area (Å²) in [5, 5.41) is 9.36. The Hall–Kier alpha value is -3.32. The average molecular weight is 748 g/mol. The molecule has 0 radical (unpaired) electrons. The van der Waals surface area contributed by atoms with Gasteiger partial charge in [0.15, 0.2) is 0 Å². The van der Waals surface area contributed by atoms with E-state index in [2.05, 4.69) is 43.6 Å². The number of hydrogen-bond acceptors (Lipinski definition) is 7. The molecule has 3 heterocycles. The molecule has 0 spiro atoms. The molecule has 2 saturated heterocycles. The third-order valence-corrected chi connectivity index (χ3v) is 13.6. The molecule has 54 heavy (non-hydrogen) atoms. The van der Waals surface area contributed by atoms with E-state index in [0.29, 0.717) is 31.3 Å². The van der Waals surface area contributed by atoms with Crippen molar-refractivity contribution >= 4 is 31.1 Å². The third kappa shape index (κ3) is 7.60. The minimum absolute atomic E-state index is 0.0217. The summed E-state index contributed by atoms with van der Waals surface area (Å²) < 4.78 is 19.1. The number of benzene rings is 1. The summed E-state index contributed by atoms with van der Waals surface area (Å²) in [5.74, 6) is -0.127. The summed E-state index contributed by atoms with van der Waals surface area (Å²) in [7, 11) is -0.597. The molecule has 4 saturated carbocycles. The van der Waals surface area contributed by atoms with Gasteiger partial charge in [-0.15, -0.1) is 0 Å². The number of fused-ring (bicyclic) bond motifs is 1. The van der Waals surface area contributed by atoms with Gasteiger partial charge in [0.1, 0.15) is 17.7 Å². The highest BCUT2D eigenvalue weighted by molar-refractivity contribution is 6.48. The second-order valence-corrected chi connectivity index (χ2v) is 18.8. The number of carbonyl (C=O) groups excluding carboxylic acids is 4. The van der Waals surface area contributed by atoms with Crippen molar-refractivity contribution in [3.05, 3.63) is 35.4 Å². The average Bonchev–Trinajstić information content (AvgIpc) is 3.84. The van der Waals surface area contributed by atoms with Crippen LogP contribution in [0, 0.1) is 23.2 Å². The number of carbonyl (C=O) groups is 4. The van der Waals surface area contributed by atoms with Crippen molar-refractivity contribution in [3.63, 3.8) is 0 Å². The van der Waals surface area contributed by atoms with Gasteiger partial charge in [0.25, 0.3) is 0 Å². The van der Waals surface area contributed by atoms with Crippen molar-refractivity contribution in [2.75, 3.05) is 6.54 Å². The van der Waals surface area contributed by atoms with Crippen molar-refractivity contribution in [1.82, 2.24) is 25.8 Å². The molecule has 3 aliphatic heterocycles. The molecule has 0 unspecified atom stereocenters. The van der Waals surface area contributed by atoms with Crippen LogP contribution in [0.5, 0.6) is 0 Å². The van der Waals surface area contributed by atoms with Gasteiger partial charge >= 0.3 is 19.2 Å². The van der Waals surface area contributed by atoms with E-state index < -0.39 is 48.5 Å². The van der Waals surface area contributed by atoms with E-state index in [-0.39, 0.29) is 48.2 Å². The van der Waals surface area contributed by atoms with Crippen molar-refractivity contribution in [2.24, 2.45) is 23.2 Å². The second kappa shape index (κ2) is 15.0. The standard InChI is InChI=1S/C41H62BN5O7/c1-8-14-33(42-53-32-20-28-19-31(40(28,5)6)41(32,7)54-42)44-35(48)30-21-29(43-37(50)46-22-26-17-12-13-18-27(26)23-46)24-47(30)36(49)34(25-15-10-9-11-16-25)45-38(51)52-39(2,3)4/h12-13,17-18,25,28-34H,8-11,14-16,19-24H2,1-7H3,(H,43,50)(H,44,48)(H,45,51)/t28-,29+,30-,31-,32+,33-,34-,41-/m0/s1. The minimum atomic E-state index is -0.865. The predicted molar refractivity (Wildman–Crippen MR) is 205 cm³/mol. The van der Waals surface area contributed by atoms with E-state index in [1.807, 2.05) is 24.3 Å². The van der Waals surface area contributed by atoms with E-state index in [1.54, 1.807) is 30.6 Å². The van der Waals surface area contributed by atoms with Crippen LogP contribution in [-0.2, 0) is 36.7 Å². The molecule has 296 valence electrons. The van der Waals surface area contributed by atoms with Crippen molar-refractivity contribution in [1.29, 1.82) is 0 Å². The molecule has 3 N–H and O–H groups in total. The summed E-state index contributed by atoms with van der Waals surface area (Å²) in [6.07, 6.45) is 7.70. The van der Waals surface area contributed by atoms with E-state index in [9.17, 15) is 19.2 Å². The first-order valence-electron chi connectivity index (χ1n) is 20.6. The van der Waals surface area contributed by atoms with Gasteiger partial charge in [0, 0.05) is 19.6 Å². The number of hydrogen-bond donors (Lipinski definition) is 3. The van der Waals surface area contributed by atoms with Gasteiger partial charge < -0.3 is 39.8 Å². The SMILES string of the molecule is CCC[C@H](NC(=O)[C@@H]1C[C@@H](NC(=O)N2Cc3ccccc3C2)CN1C(=O)[C@@H](NC(=O)OC(C)(C)C)C1CCCCC1)B1O[C@@H]2C[C@@H]3C[C@@H](C3(C)C)[C@]2(C)O1. The van der Waals surface area contributed by atoms with E-state index in [1.165, 1.54) is 0 Å². The van der Waals surface area contributed by atoms with Crippen LogP contribution in [0.15, 0.2) is 24.3 Å². The molecule has 12 nitrogen and oxygen atoms in total. The molecular formula is C41H62BN5O7. The zero-order chi connectivity index (χ0) is 38.6. The summed E-state index contributed by atoms with van der Waals surface area (Å²) in [6.45, 7) is 15.4. The monoisotopic (exact) mass is 747 g/mol. The van der Waals surface area contributed by atoms with Crippen LogP contribution in [0.25, 0.3) is 0 Å². The van der Waals surface area contributed by atoms with Gasteiger partial charge in [-0.3, -0.25) is 9.59 Å². The Kier molecular flexibility index (Phi) is 10.8. The highest BCUT2D eigenvalue weighted by Gasteiger charge is 2.68. The lowest BCUT2D eigenvalue weighted by atomic mass is 9.43. The van der Waals surface area contributed by atoms with Crippen LogP contribution >= 0.6 is 0 Å². The summed E-state index contributed by atoms with van der Waals surface area (Å²) >= 11 is 0. The lowest BCUT2D eigenvalue weighted by Gasteiger charge is -2.64. The molecule has 1 aromatic carbocycles. The molecule has 8 atom stereocenters. The fraction of sp³-hybridized carbons (Fsp3) is 0.756. The number of likely N-dealkylation sites (tertiary alicyclic amines) is 1. The van der Waals surface area contributed by atoms with E-state index in [4.69, 9.17) is 14.0 Å². The molecule has 4 aliphatic carbocycles. The molecule has 2 bridgehead atoms. The number of alkyl carbamates (subject to hydrolysis) is 1. The van der Waals surface area contributed by atoms with Crippen LogP contribution in [0.3, 0.4) is 0 Å². The molecule has 0 aromatic heterocycles. The maximum atomic E-state index is 14.8. The van der Waals surface area contributed by atoms with Crippen LogP contribution in [0.2, 0.25) is 0 Å². The van der Waals surface area contributed by atoms with Gasteiger partial charge in [-0.2, -0.15) is 0 Å². The first-order chi connectivity index (χ1) is 25.6. The summed E-state index contributed by atoms with van der Waals surface area (Å²) in [4.78, 5) is 59.5. The fourth-order valence-corrected chi connectivity index (χ4v) is 10.6. The summed E-state index contributed by atoms with van der Waals surface area (Å²) in [5.41, 5.74) is 1.26. The molecular weight excluding hydrogens is 685 g/mol. The van der Waals surface area contributed by atoms with Crippen LogP contribution in [0.1, 0.15) is 124 Å². The maximum absolute atomic E-state index is 14.8. The predicted octanol–water partition coefficient (Wildman–Crippen LogP) is 5.71. The lowest BCUT2D eigenvalue weighted by molar-refractivity contribution is -0.199. The number of amides is 5. The molecule has 1 aromatic rings. The van der Waals surface area contributed by atoms with Crippen LogP contribution in [-0.4, -0.2) is 88.8 Å². The molecule has 8 rings (SSSR count). The Morgan fingerprint density at radius 1 is 0.981 bits per heavy atom. The Morgan fingerprint density at radius 2 is 1.67 bits per heavy atom. The van der Waals surface area contributed by atoms with Gasteiger partial charge in [-0.1, -0.05) is 70.7 Å². The highest BCUT2D eigenvalue weighted by atomic mass is 16.7. The normalized spacial score (nSPS) is 31.2. The molecule has 5 amide bonds. The van der Waals surface area contributed by atoms with Gasteiger partial charge in [-0.05, 0) is 101 Å². The second-order valence-electron chi connectivity index (χ2n) is 18.8. The first kappa shape index (κ1) is 38.9. The zero-order valence-corrected chi connectivity index (χ0v) is 33.5. The maximum Gasteiger partial charge on any atom is 0.481 e. The van der Waals surface area contributed by atoms with Gasteiger partial charge in [0.2, 0.25) is 11.8 Å². The molecule has 13 heteroatoms. The Bertz CT molecular complexity index is 1570. The van der Waals surface area contributed by atoms with Crippen molar-refractivity contribution in [3.8, 4) is 0 Å². The van der Waals surface area contributed by atoms with Crippen LogP contribution < -0.4 is 16.0 Å². The zero-order valence-electron chi connectivity index (χ0n) is 33.5. The van der Waals surface area contributed by atoms with Crippen molar-refractivity contribution in [2.45, 2.75) is 167 Å². The number of ether oxygens (including phenoxy) is 1. The number of rotatable bonds is 9. The van der Waals surface area contributed by atoms with Gasteiger partial charge in [-0.25, -0.2) is 9.59 Å². The first-order valence-corrected chi connectivity index (χ1v) is 20.6. The Labute approximate surface area is 321 Å². The minimum Gasteiger partial charge on any atom is -0.444 e. The summed E-state index contributed by atoms with van der Waals surface area (Å²) in [6, 6.07) is 5.60. The largest absolute Gasteiger partial charge is 0.481 e. The Morgan fingerprint density at radius 3 is 2.30 bits per heavy atom. The number of nitrogens with zero attached hydrogens (tertiary/aromatic N) is 2.